The van der Waals surface area contributed by atoms with E-state index in [0.29, 0.717) is 24.9 Å². The van der Waals surface area contributed by atoms with E-state index in [1.54, 1.807) is 12.4 Å². The zero-order valence-corrected chi connectivity index (χ0v) is 14.4. The van der Waals surface area contributed by atoms with E-state index in [1.165, 1.54) is 12.8 Å². The number of likely N-dealkylation sites (tertiary alicyclic amines) is 1. The van der Waals surface area contributed by atoms with Crippen LogP contribution in [0.2, 0.25) is 0 Å². The summed E-state index contributed by atoms with van der Waals surface area (Å²) in [6.07, 6.45) is 5.81. The van der Waals surface area contributed by atoms with E-state index in [1.807, 2.05) is 12.1 Å². The number of nitrogens with zero attached hydrogens (tertiary/aromatic N) is 3. The molecule has 130 valence electrons. The quantitative estimate of drug-likeness (QED) is 0.894. The highest BCUT2D eigenvalue weighted by Gasteiger charge is 2.30. The average Bonchev–Trinajstić information content (AvgIpc) is 3.11. The second kappa shape index (κ2) is 7.75. The third-order valence-corrected chi connectivity index (χ3v) is 4.82. The minimum Gasteiger partial charge on any atom is -0.382 e. The van der Waals surface area contributed by atoms with Crippen molar-refractivity contribution in [1.29, 1.82) is 0 Å². The Kier molecular flexibility index (Phi) is 5.45. The summed E-state index contributed by atoms with van der Waals surface area (Å²) in [5.74, 6) is 0.455. The highest BCUT2D eigenvalue weighted by molar-refractivity contribution is 6.03. The summed E-state index contributed by atoms with van der Waals surface area (Å²) < 4.78 is 0. The van der Waals surface area contributed by atoms with Crippen molar-refractivity contribution in [3.63, 3.8) is 0 Å². The van der Waals surface area contributed by atoms with E-state index in [0.717, 1.165) is 24.4 Å². The molecule has 2 atom stereocenters. The summed E-state index contributed by atoms with van der Waals surface area (Å²) in [5, 5.41) is 7.11. The molecular formula is C18H26N4O2. The Morgan fingerprint density at radius 3 is 2.96 bits per heavy atom. The molecule has 0 aromatic carbocycles. The fourth-order valence-corrected chi connectivity index (χ4v) is 3.32. The number of piperidine rings is 1. The number of amides is 1. The summed E-state index contributed by atoms with van der Waals surface area (Å²) in [6.45, 7) is 7.39. The summed E-state index contributed by atoms with van der Waals surface area (Å²) in [4.78, 5) is 24.1. The van der Waals surface area contributed by atoms with Crippen LogP contribution in [0.5, 0.6) is 0 Å². The van der Waals surface area contributed by atoms with Gasteiger partial charge in [-0.1, -0.05) is 5.16 Å². The van der Waals surface area contributed by atoms with Gasteiger partial charge < -0.3 is 15.1 Å². The third-order valence-electron chi connectivity index (χ3n) is 4.82. The molecule has 2 aliphatic heterocycles. The van der Waals surface area contributed by atoms with Crippen LogP contribution < -0.4 is 5.32 Å². The van der Waals surface area contributed by atoms with Gasteiger partial charge in [0, 0.05) is 43.5 Å². The molecule has 2 unspecified atom stereocenters. The Balaban J connectivity index is 1.45. The number of rotatable bonds is 5. The van der Waals surface area contributed by atoms with Gasteiger partial charge in [-0.15, -0.1) is 0 Å². The fraction of sp³-hybridized carbons (Fsp3) is 0.611. The lowest BCUT2D eigenvalue weighted by atomic mass is 9.97. The molecule has 6 heteroatoms. The minimum absolute atomic E-state index is 0.0653. The molecule has 3 heterocycles. The van der Waals surface area contributed by atoms with Crippen molar-refractivity contribution in [2.24, 2.45) is 11.1 Å². The first kappa shape index (κ1) is 16.9. The Morgan fingerprint density at radius 2 is 2.21 bits per heavy atom. The van der Waals surface area contributed by atoms with Crippen LogP contribution in [-0.4, -0.2) is 53.3 Å². The Labute approximate surface area is 143 Å². The van der Waals surface area contributed by atoms with Crippen LogP contribution in [0.3, 0.4) is 0 Å². The number of pyridine rings is 1. The van der Waals surface area contributed by atoms with Crippen molar-refractivity contribution in [3.8, 4) is 0 Å². The minimum atomic E-state index is -0.516. The van der Waals surface area contributed by atoms with Gasteiger partial charge >= 0.3 is 0 Å². The predicted molar refractivity (Wildman–Crippen MR) is 92.7 cm³/mol. The van der Waals surface area contributed by atoms with Gasteiger partial charge in [0.25, 0.3) is 5.91 Å². The van der Waals surface area contributed by atoms with Crippen LogP contribution in [0.1, 0.15) is 38.7 Å². The molecule has 1 saturated heterocycles. The van der Waals surface area contributed by atoms with Gasteiger partial charge in [0.1, 0.15) is 0 Å². The zero-order valence-electron chi connectivity index (χ0n) is 14.4. The molecule has 3 rings (SSSR count). The molecule has 1 amide bonds. The van der Waals surface area contributed by atoms with E-state index >= 15 is 0 Å². The summed E-state index contributed by atoms with van der Waals surface area (Å²) >= 11 is 0. The molecule has 6 nitrogen and oxygen atoms in total. The van der Waals surface area contributed by atoms with Gasteiger partial charge in [-0.25, -0.2) is 0 Å². The maximum atomic E-state index is 12.3. The van der Waals surface area contributed by atoms with Crippen molar-refractivity contribution in [2.75, 3.05) is 19.6 Å². The topological polar surface area (TPSA) is 66.8 Å². The van der Waals surface area contributed by atoms with Crippen molar-refractivity contribution >= 4 is 11.6 Å². The van der Waals surface area contributed by atoms with E-state index in [2.05, 4.69) is 34.2 Å². The van der Waals surface area contributed by atoms with E-state index in [9.17, 15) is 4.79 Å². The third kappa shape index (κ3) is 4.12. The van der Waals surface area contributed by atoms with Gasteiger partial charge in [-0.05, 0) is 51.3 Å². The lowest BCUT2D eigenvalue weighted by molar-refractivity contribution is -0.131. The molecule has 24 heavy (non-hydrogen) atoms. The Morgan fingerprint density at radius 1 is 1.42 bits per heavy atom. The summed E-state index contributed by atoms with van der Waals surface area (Å²) in [6, 6.07) is 4.33. The van der Waals surface area contributed by atoms with Crippen LogP contribution in [0.25, 0.3) is 0 Å². The summed E-state index contributed by atoms with van der Waals surface area (Å²) in [7, 11) is 0. The zero-order chi connectivity index (χ0) is 16.9. The molecule has 0 spiro atoms. The number of carbonyl (C=O) groups is 1. The van der Waals surface area contributed by atoms with Crippen molar-refractivity contribution in [1.82, 2.24) is 15.2 Å². The molecule has 1 N–H and O–H groups in total. The maximum Gasteiger partial charge on any atom is 0.264 e. The van der Waals surface area contributed by atoms with Crippen molar-refractivity contribution in [3.05, 3.63) is 30.1 Å². The molecule has 0 aliphatic carbocycles. The highest BCUT2D eigenvalue weighted by Crippen LogP contribution is 2.19. The monoisotopic (exact) mass is 330 g/mol. The molecular weight excluding hydrogens is 304 g/mol. The van der Waals surface area contributed by atoms with E-state index < -0.39 is 6.10 Å². The number of carbonyl (C=O) groups excluding carboxylic acids is 1. The maximum absolute atomic E-state index is 12.3. The van der Waals surface area contributed by atoms with E-state index in [4.69, 9.17) is 4.84 Å². The van der Waals surface area contributed by atoms with Gasteiger partial charge in [-0.2, -0.15) is 0 Å². The molecule has 0 saturated carbocycles. The van der Waals surface area contributed by atoms with Crippen molar-refractivity contribution in [2.45, 2.75) is 45.3 Å². The van der Waals surface area contributed by atoms with Gasteiger partial charge in [0.15, 0.2) is 0 Å². The first-order valence-corrected chi connectivity index (χ1v) is 8.78. The number of nitrogens with one attached hydrogen (secondary N) is 1. The number of oxime groups is 1. The number of hydrogen-bond acceptors (Lipinski definition) is 5. The second-order valence-electron chi connectivity index (χ2n) is 6.91. The van der Waals surface area contributed by atoms with Gasteiger partial charge in [-0.3, -0.25) is 9.78 Å². The Hall–Kier alpha value is -1.95. The lowest BCUT2D eigenvalue weighted by Crippen LogP contribution is -2.45. The van der Waals surface area contributed by atoms with Crippen LogP contribution >= 0.6 is 0 Å². The molecule has 0 radical (unpaired) electrons. The van der Waals surface area contributed by atoms with Crippen LogP contribution in [0.15, 0.2) is 29.7 Å². The standard InChI is InChI=1S/C18H26N4O2/c1-13(2)22-9-3-4-14(12-22)11-20-18(23)17-10-16(21-24-17)15-5-7-19-8-6-15/h5-8,13-14,17H,3-4,9-12H2,1-2H3,(H,20,23). The first-order valence-electron chi connectivity index (χ1n) is 8.78. The number of aromatic nitrogens is 1. The molecule has 1 aromatic rings. The second-order valence-corrected chi connectivity index (χ2v) is 6.91. The van der Waals surface area contributed by atoms with Gasteiger partial charge in [0.2, 0.25) is 6.10 Å². The lowest BCUT2D eigenvalue weighted by Gasteiger charge is -2.35. The van der Waals surface area contributed by atoms with Gasteiger partial charge in [0.05, 0.1) is 5.71 Å². The first-order chi connectivity index (χ1) is 11.6. The van der Waals surface area contributed by atoms with Crippen molar-refractivity contribution < 1.29 is 9.63 Å². The smallest absolute Gasteiger partial charge is 0.264 e. The average molecular weight is 330 g/mol. The fourth-order valence-electron chi connectivity index (χ4n) is 3.32. The molecule has 2 aliphatic rings. The van der Waals surface area contributed by atoms with Crippen LogP contribution in [-0.2, 0) is 9.63 Å². The number of hydrogen-bond donors (Lipinski definition) is 1. The molecule has 0 bridgehead atoms. The van der Waals surface area contributed by atoms with Crippen LogP contribution in [0, 0.1) is 5.92 Å². The SMILES string of the molecule is CC(C)N1CCCC(CNC(=O)C2CC(c3ccncc3)=NO2)C1. The summed E-state index contributed by atoms with van der Waals surface area (Å²) in [5.41, 5.74) is 1.77. The van der Waals surface area contributed by atoms with E-state index in [-0.39, 0.29) is 5.91 Å². The normalized spacial score (nSPS) is 24.5. The predicted octanol–water partition coefficient (Wildman–Crippen LogP) is 1.81. The largest absolute Gasteiger partial charge is 0.382 e. The molecule has 1 fully saturated rings. The Bertz CT molecular complexity index is 588. The highest BCUT2D eigenvalue weighted by atomic mass is 16.6. The van der Waals surface area contributed by atoms with Crippen LogP contribution in [0.4, 0.5) is 0 Å². The molecule has 1 aromatic heterocycles.